The van der Waals surface area contributed by atoms with Crippen molar-refractivity contribution in [3.05, 3.63) is 87.7 Å². The molecule has 2 aromatic carbocycles. The number of anilines is 1. The van der Waals surface area contributed by atoms with Crippen LogP contribution in [0.1, 0.15) is 26.3 Å². The molecule has 3 aromatic rings. The molecule has 7 heteroatoms. The number of nitrogens with one attached hydrogen (secondary N) is 1. The number of carbonyl (C=O) groups excluding carboxylic acids is 2. The predicted octanol–water partition coefficient (Wildman–Crippen LogP) is 5.07. The van der Waals surface area contributed by atoms with Crippen molar-refractivity contribution in [2.75, 3.05) is 12.4 Å². The van der Waals surface area contributed by atoms with Gasteiger partial charge in [0.15, 0.2) is 5.78 Å². The average Bonchev–Trinajstić information content (AvgIpc) is 2.71. The summed E-state index contributed by atoms with van der Waals surface area (Å²) < 4.78 is 5.29. The Kier molecular flexibility index (Phi) is 6.29. The van der Waals surface area contributed by atoms with Gasteiger partial charge in [0.2, 0.25) is 0 Å². The standard InChI is InChI=1S/C21H16Cl2N2O3/c1-28-20-5-3-15(19(26)11-13-2-4-16(22)17(23)10-13)12-18(20)25-21(27)14-6-8-24-9-7-14/h2-10,12H,11H2,1H3,(H,25,27). The van der Waals surface area contributed by atoms with Crippen LogP contribution in [0.3, 0.4) is 0 Å². The van der Waals surface area contributed by atoms with Gasteiger partial charge in [-0.1, -0.05) is 29.3 Å². The molecule has 0 atom stereocenters. The normalized spacial score (nSPS) is 10.4. The van der Waals surface area contributed by atoms with Crippen LogP contribution in [-0.4, -0.2) is 23.8 Å². The van der Waals surface area contributed by atoms with Crippen LogP contribution in [-0.2, 0) is 6.42 Å². The molecular weight excluding hydrogens is 399 g/mol. The van der Waals surface area contributed by atoms with Gasteiger partial charge in [-0.2, -0.15) is 0 Å². The number of ketones is 1. The van der Waals surface area contributed by atoms with Crippen LogP contribution in [0.25, 0.3) is 0 Å². The van der Waals surface area contributed by atoms with E-state index in [1.54, 1.807) is 48.5 Å². The molecule has 1 aromatic heterocycles. The monoisotopic (exact) mass is 414 g/mol. The van der Waals surface area contributed by atoms with Gasteiger partial charge in [-0.15, -0.1) is 0 Å². The van der Waals surface area contributed by atoms with Crippen molar-refractivity contribution in [2.45, 2.75) is 6.42 Å². The Morgan fingerprint density at radius 2 is 1.71 bits per heavy atom. The number of pyridine rings is 1. The zero-order valence-electron chi connectivity index (χ0n) is 14.9. The highest BCUT2D eigenvalue weighted by molar-refractivity contribution is 6.42. The zero-order valence-corrected chi connectivity index (χ0v) is 16.4. The van der Waals surface area contributed by atoms with E-state index in [2.05, 4.69) is 10.3 Å². The topological polar surface area (TPSA) is 68.3 Å². The summed E-state index contributed by atoms with van der Waals surface area (Å²) in [5, 5.41) is 3.60. The molecule has 0 aliphatic carbocycles. The van der Waals surface area contributed by atoms with Crippen LogP contribution in [0.15, 0.2) is 60.9 Å². The summed E-state index contributed by atoms with van der Waals surface area (Å²) in [6, 6.07) is 13.2. The molecule has 0 aliphatic rings. The first-order valence-electron chi connectivity index (χ1n) is 8.34. The molecule has 0 fully saturated rings. The van der Waals surface area contributed by atoms with E-state index >= 15 is 0 Å². The highest BCUT2D eigenvalue weighted by atomic mass is 35.5. The minimum atomic E-state index is -0.324. The summed E-state index contributed by atoms with van der Waals surface area (Å²) in [6.07, 6.45) is 3.22. The minimum Gasteiger partial charge on any atom is -0.495 e. The maximum atomic E-state index is 12.7. The van der Waals surface area contributed by atoms with Crippen molar-refractivity contribution in [3.8, 4) is 5.75 Å². The number of halogens is 2. The molecule has 1 amide bonds. The Labute approximate surface area is 172 Å². The number of ether oxygens (including phenoxy) is 1. The number of methoxy groups -OCH3 is 1. The Bertz CT molecular complexity index is 1020. The number of rotatable bonds is 6. The Morgan fingerprint density at radius 3 is 2.39 bits per heavy atom. The second-order valence-corrected chi connectivity index (χ2v) is 6.77. The highest BCUT2D eigenvalue weighted by Crippen LogP contribution is 2.28. The Hall–Kier alpha value is -2.89. The van der Waals surface area contributed by atoms with Crippen molar-refractivity contribution in [3.63, 3.8) is 0 Å². The summed E-state index contributed by atoms with van der Waals surface area (Å²) in [4.78, 5) is 29.0. The number of Topliss-reactive ketones (excluding diaryl/α,β-unsaturated/α-hetero) is 1. The summed E-state index contributed by atoms with van der Waals surface area (Å²) in [6.45, 7) is 0. The second kappa shape index (κ2) is 8.87. The van der Waals surface area contributed by atoms with Gasteiger partial charge in [0.25, 0.3) is 5.91 Å². The van der Waals surface area contributed by atoms with Gasteiger partial charge >= 0.3 is 0 Å². The van der Waals surface area contributed by atoms with Crippen molar-refractivity contribution in [1.82, 2.24) is 4.98 Å². The van der Waals surface area contributed by atoms with Crippen molar-refractivity contribution in [1.29, 1.82) is 0 Å². The van der Waals surface area contributed by atoms with E-state index in [0.717, 1.165) is 5.56 Å². The van der Waals surface area contributed by atoms with Crippen molar-refractivity contribution < 1.29 is 14.3 Å². The smallest absolute Gasteiger partial charge is 0.255 e. The fourth-order valence-electron chi connectivity index (χ4n) is 2.61. The van der Waals surface area contributed by atoms with E-state index in [-0.39, 0.29) is 18.1 Å². The van der Waals surface area contributed by atoms with Crippen LogP contribution < -0.4 is 10.1 Å². The zero-order chi connectivity index (χ0) is 20.1. The van der Waals surface area contributed by atoms with Crippen LogP contribution in [0.4, 0.5) is 5.69 Å². The lowest BCUT2D eigenvalue weighted by Gasteiger charge is -2.12. The second-order valence-electron chi connectivity index (χ2n) is 5.95. The molecule has 28 heavy (non-hydrogen) atoms. The molecule has 0 spiro atoms. The van der Waals surface area contributed by atoms with Gasteiger partial charge in [0, 0.05) is 29.9 Å². The molecule has 5 nitrogen and oxygen atoms in total. The first kappa shape index (κ1) is 19.9. The van der Waals surface area contributed by atoms with Crippen LogP contribution in [0.5, 0.6) is 5.75 Å². The Morgan fingerprint density at radius 1 is 0.964 bits per heavy atom. The first-order valence-corrected chi connectivity index (χ1v) is 9.10. The number of hydrogen-bond acceptors (Lipinski definition) is 4. The molecule has 0 saturated carbocycles. The molecule has 1 N–H and O–H groups in total. The fraction of sp³-hybridized carbons (Fsp3) is 0.0952. The van der Waals surface area contributed by atoms with Gasteiger partial charge in [-0.3, -0.25) is 14.6 Å². The van der Waals surface area contributed by atoms with E-state index in [0.29, 0.717) is 32.6 Å². The van der Waals surface area contributed by atoms with E-state index in [9.17, 15) is 9.59 Å². The lowest BCUT2D eigenvalue weighted by molar-refractivity contribution is 0.0989. The fourth-order valence-corrected chi connectivity index (χ4v) is 2.93. The number of hydrogen-bond donors (Lipinski definition) is 1. The number of amides is 1. The van der Waals surface area contributed by atoms with Gasteiger partial charge in [-0.25, -0.2) is 0 Å². The first-order chi connectivity index (χ1) is 13.5. The number of benzene rings is 2. The highest BCUT2D eigenvalue weighted by Gasteiger charge is 2.14. The summed E-state index contributed by atoms with van der Waals surface area (Å²) in [7, 11) is 1.49. The van der Waals surface area contributed by atoms with Gasteiger partial charge in [0.1, 0.15) is 5.75 Å². The molecule has 142 valence electrons. The average molecular weight is 415 g/mol. The van der Waals surface area contributed by atoms with E-state index in [1.165, 1.54) is 19.5 Å². The molecular formula is C21H16Cl2N2O3. The molecule has 0 aliphatic heterocycles. The number of nitrogens with zero attached hydrogens (tertiary/aromatic N) is 1. The lowest BCUT2D eigenvalue weighted by Crippen LogP contribution is -2.13. The molecule has 1 heterocycles. The largest absolute Gasteiger partial charge is 0.495 e. The van der Waals surface area contributed by atoms with Crippen LogP contribution in [0, 0.1) is 0 Å². The minimum absolute atomic E-state index is 0.125. The number of carbonyl (C=O) groups is 2. The van der Waals surface area contributed by atoms with E-state index in [4.69, 9.17) is 27.9 Å². The van der Waals surface area contributed by atoms with Crippen LogP contribution in [0.2, 0.25) is 10.0 Å². The van der Waals surface area contributed by atoms with Gasteiger partial charge in [-0.05, 0) is 48.0 Å². The summed E-state index contributed by atoms with van der Waals surface area (Å²) in [5.41, 5.74) is 2.04. The summed E-state index contributed by atoms with van der Waals surface area (Å²) >= 11 is 11.9. The molecule has 3 rings (SSSR count). The lowest BCUT2D eigenvalue weighted by atomic mass is 10.0. The molecule has 0 unspecified atom stereocenters. The molecule has 0 bridgehead atoms. The third kappa shape index (κ3) is 4.68. The maximum Gasteiger partial charge on any atom is 0.255 e. The van der Waals surface area contributed by atoms with Crippen LogP contribution >= 0.6 is 23.2 Å². The quantitative estimate of drug-likeness (QED) is 0.571. The van der Waals surface area contributed by atoms with Gasteiger partial charge < -0.3 is 10.1 Å². The third-order valence-electron chi connectivity index (χ3n) is 4.06. The van der Waals surface area contributed by atoms with Gasteiger partial charge in [0.05, 0.1) is 22.8 Å². The molecule has 0 radical (unpaired) electrons. The number of aromatic nitrogens is 1. The Balaban J connectivity index is 1.82. The van der Waals surface area contributed by atoms with Crippen molar-refractivity contribution >= 4 is 40.6 Å². The summed E-state index contributed by atoms with van der Waals surface area (Å²) in [5.74, 6) is 0.00345. The molecule has 0 saturated heterocycles. The maximum absolute atomic E-state index is 12.7. The van der Waals surface area contributed by atoms with E-state index in [1.807, 2.05) is 0 Å². The SMILES string of the molecule is COc1ccc(C(=O)Cc2ccc(Cl)c(Cl)c2)cc1NC(=O)c1ccncc1. The van der Waals surface area contributed by atoms with Crippen molar-refractivity contribution in [2.24, 2.45) is 0 Å². The predicted molar refractivity (Wildman–Crippen MR) is 110 cm³/mol. The van der Waals surface area contributed by atoms with E-state index < -0.39 is 0 Å². The third-order valence-corrected chi connectivity index (χ3v) is 4.80.